The zero-order valence-corrected chi connectivity index (χ0v) is 21.6. The predicted molar refractivity (Wildman–Crippen MR) is 138 cm³/mol. The second-order valence-electron chi connectivity index (χ2n) is 8.29. The van der Waals surface area contributed by atoms with Gasteiger partial charge in [0.15, 0.2) is 6.61 Å². The number of hydrazone groups is 1. The lowest BCUT2D eigenvalue weighted by Gasteiger charge is -2.23. The van der Waals surface area contributed by atoms with Gasteiger partial charge in [-0.05, 0) is 73.4 Å². The lowest BCUT2D eigenvalue weighted by Crippen LogP contribution is -2.39. The van der Waals surface area contributed by atoms with Crippen LogP contribution in [0.25, 0.3) is 0 Å². The molecular weight excluding hydrogens is 508 g/mol. The SMILES string of the molecule is Cc1cc(Cl)ccc1N(CC(=O)N/N=C\c1ccc(OCC(=O)NC[C@@H]2CCCO2)cc1)S(C)(=O)=O. The number of ether oxygens (including phenoxy) is 2. The third kappa shape index (κ3) is 8.51. The molecule has 1 fully saturated rings. The van der Waals surface area contributed by atoms with Gasteiger partial charge in [0, 0.05) is 18.2 Å². The molecule has 10 nitrogen and oxygen atoms in total. The van der Waals surface area contributed by atoms with Crippen molar-refractivity contribution in [1.29, 1.82) is 0 Å². The molecule has 0 aromatic heterocycles. The van der Waals surface area contributed by atoms with E-state index in [0.717, 1.165) is 30.0 Å². The normalized spacial score (nSPS) is 15.6. The first-order valence-electron chi connectivity index (χ1n) is 11.3. The number of aryl methyl sites for hydroxylation is 1. The molecule has 36 heavy (non-hydrogen) atoms. The van der Waals surface area contributed by atoms with Crippen LogP contribution in [0.4, 0.5) is 5.69 Å². The van der Waals surface area contributed by atoms with E-state index in [1.54, 1.807) is 49.4 Å². The van der Waals surface area contributed by atoms with Crippen molar-refractivity contribution in [2.45, 2.75) is 25.9 Å². The molecule has 2 aromatic carbocycles. The number of nitrogens with one attached hydrogen (secondary N) is 2. The van der Waals surface area contributed by atoms with E-state index in [4.69, 9.17) is 21.1 Å². The van der Waals surface area contributed by atoms with Crippen LogP contribution in [-0.4, -0.2) is 65.1 Å². The Balaban J connectivity index is 1.47. The highest BCUT2D eigenvalue weighted by atomic mass is 35.5. The first-order valence-corrected chi connectivity index (χ1v) is 13.5. The fourth-order valence-electron chi connectivity index (χ4n) is 3.51. The number of rotatable bonds is 11. The number of hydrogen-bond donors (Lipinski definition) is 2. The molecule has 12 heteroatoms. The van der Waals surface area contributed by atoms with Gasteiger partial charge in [0.1, 0.15) is 12.3 Å². The van der Waals surface area contributed by atoms with E-state index in [1.807, 2.05) is 0 Å². The van der Waals surface area contributed by atoms with Gasteiger partial charge in [0.05, 0.1) is 24.3 Å². The molecule has 0 unspecified atom stereocenters. The minimum absolute atomic E-state index is 0.0732. The maximum absolute atomic E-state index is 12.4. The minimum atomic E-state index is -3.72. The number of halogens is 1. The van der Waals surface area contributed by atoms with Gasteiger partial charge in [-0.15, -0.1) is 0 Å². The van der Waals surface area contributed by atoms with Crippen molar-refractivity contribution in [2.24, 2.45) is 5.10 Å². The molecule has 2 aromatic rings. The fraction of sp³-hybridized carbons (Fsp3) is 0.375. The lowest BCUT2D eigenvalue weighted by molar-refractivity contribution is -0.123. The Labute approximate surface area is 215 Å². The maximum Gasteiger partial charge on any atom is 0.260 e. The summed E-state index contributed by atoms with van der Waals surface area (Å²) in [6.07, 6.45) is 4.47. The van der Waals surface area contributed by atoms with Crippen LogP contribution < -0.4 is 19.8 Å². The largest absolute Gasteiger partial charge is 0.484 e. The Morgan fingerprint density at radius 1 is 1.22 bits per heavy atom. The molecule has 0 spiro atoms. The molecular formula is C24H29ClN4O6S. The molecule has 0 aliphatic carbocycles. The van der Waals surface area contributed by atoms with Crippen LogP contribution >= 0.6 is 11.6 Å². The van der Waals surface area contributed by atoms with Crippen LogP contribution in [-0.2, 0) is 24.3 Å². The highest BCUT2D eigenvalue weighted by Gasteiger charge is 2.22. The minimum Gasteiger partial charge on any atom is -0.484 e. The van der Waals surface area contributed by atoms with E-state index >= 15 is 0 Å². The molecule has 1 atom stereocenters. The van der Waals surface area contributed by atoms with Gasteiger partial charge >= 0.3 is 0 Å². The number of sulfonamides is 1. The third-order valence-electron chi connectivity index (χ3n) is 5.32. The predicted octanol–water partition coefficient (Wildman–Crippen LogP) is 2.24. The fourth-order valence-corrected chi connectivity index (χ4v) is 4.65. The number of anilines is 1. The molecule has 2 N–H and O–H groups in total. The Morgan fingerprint density at radius 3 is 2.61 bits per heavy atom. The molecule has 1 heterocycles. The average Bonchev–Trinajstić information content (AvgIpc) is 3.34. The molecule has 194 valence electrons. The Bertz CT molecular complexity index is 1200. The monoisotopic (exact) mass is 536 g/mol. The molecule has 2 amide bonds. The van der Waals surface area contributed by atoms with E-state index in [2.05, 4.69) is 15.8 Å². The first-order chi connectivity index (χ1) is 17.1. The van der Waals surface area contributed by atoms with Gasteiger partial charge < -0.3 is 14.8 Å². The summed E-state index contributed by atoms with van der Waals surface area (Å²) in [5.74, 6) is -0.332. The zero-order valence-electron chi connectivity index (χ0n) is 20.1. The maximum atomic E-state index is 12.4. The highest BCUT2D eigenvalue weighted by Crippen LogP contribution is 2.25. The Hall–Kier alpha value is -3.15. The number of hydrogen-bond acceptors (Lipinski definition) is 7. The first kappa shape index (κ1) is 27.4. The summed E-state index contributed by atoms with van der Waals surface area (Å²) < 4.78 is 36.4. The van der Waals surface area contributed by atoms with Gasteiger partial charge in [-0.1, -0.05) is 11.6 Å². The second-order valence-corrected chi connectivity index (χ2v) is 10.6. The molecule has 0 radical (unpaired) electrons. The van der Waals surface area contributed by atoms with Crippen molar-refractivity contribution < 1.29 is 27.5 Å². The van der Waals surface area contributed by atoms with Crippen LogP contribution in [0.15, 0.2) is 47.6 Å². The molecule has 1 saturated heterocycles. The van der Waals surface area contributed by atoms with Gasteiger partial charge in [-0.25, -0.2) is 13.8 Å². The topological polar surface area (TPSA) is 126 Å². The van der Waals surface area contributed by atoms with Crippen molar-refractivity contribution >= 4 is 45.3 Å². The highest BCUT2D eigenvalue weighted by molar-refractivity contribution is 7.92. The smallest absolute Gasteiger partial charge is 0.260 e. The average molecular weight is 537 g/mol. The summed E-state index contributed by atoms with van der Waals surface area (Å²) in [6, 6.07) is 11.5. The van der Waals surface area contributed by atoms with Crippen LogP contribution in [0.3, 0.4) is 0 Å². The second kappa shape index (κ2) is 12.7. The molecule has 3 rings (SSSR count). The molecule has 1 aliphatic rings. The van der Waals surface area contributed by atoms with Gasteiger partial charge in [0.25, 0.3) is 11.8 Å². The van der Waals surface area contributed by atoms with Gasteiger partial charge in [0.2, 0.25) is 10.0 Å². The standard InChI is InChI=1S/C24H29ClN4O6S/c1-17-12-19(25)7-10-22(17)29(36(2,32)33)15-23(30)28-27-13-18-5-8-20(9-6-18)35-16-24(31)26-14-21-4-3-11-34-21/h5-10,12-13,21H,3-4,11,14-16H2,1-2H3,(H,26,31)(H,28,30)/b27-13-/t21-/m0/s1. The Morgan fingerprint density at radius 2 is 1.97 bits per heavy atom. The summed E-state index contributed by atoms with van der Waals surface area (Å²) in [4.78, 5) is 24.3. The molecule has 1 aliphatic heterocycles. The summed E-state index contributed by atoms with van der Waals surface area (Å²) in [6.45, 7) is 2.37. The number of amides is 2. The molecule has 0 bridgehead atoms. The number of nitrogens with zero attached hydrogens (tertiary/aromatic N) is 2. The van der Waals surface area contributed by atoms with Crippen molar-refractivity contribution in [3.63, 3.8) is 0 Å². The van der Waals surface area contributed by atoms with Crippen LogP contribution in [0, 0.1) is 6.92 Å². The number of carbonyl (C=O) groups excluding carboxylic acids is 2. The third-order valence-corrected chi connectivity index (χ3v) is 6.68. The zero-order chi connectivity index (χ0) is 26.1. The van der Waals surface area contributed by atoms with Crippen LogP contribution in [0.1, 0.15) is 24.0 Å². The van der Waals surface area contributed by atoms with E-state index in [1.165, 1.54) is 6.21 Å². The van der Waals surface area contributed by atoms with E-state index in [0.29, 0.717) is 34.1 Å². The summed E-state index contributed by atoms with van der Waals surface area (Å²) in [5.41, 5.74) is 3.97. The van der Waals surface area contributed by atoms with Crippen LogP contribution in [0.2, 0.25) is 5.02 Å². The number of carbonyl (C=O) groups is 2. The van der Waals surface area contributed by atoms with Crippen molar-refractivity contribution in [3.05, 3.63) is 58.6 Å². The van der Waals surface area contributed by atoms with E-state index < -0.39 is 22.5 Å². The summed E-state index contributed by atoms with van der Waals surface area (Å²) >= 11 is 5.95. The summed E-state index contributed by atoms with van der Waals surface area (Å²) in [5, 5.41) is 7.14. The summed E-state index contributed by atoms with van der Waals surface area (Å²) in [7, 11) is -3.72. The lowest BCUT2D eigenvalue weighted by atomic mass is 10.2. The number of benzene rings is 2. The Kier molecular flexibility index (Phi) is 9.68. The van der Waals surface area contributed by atoms with Crippen LogP contribution in [0.5, 0.6) is 5.75 Å². The molecule has 0 saturated carbocycles. The van der Waals surface area contributed by atoms with E-state index in [9.17, 15) is 18.0 Å². The van der Waals surface area contributed by atoms with E-state index in [-0.39, 0.29) is 18.6 Å². The van der Waals surface area contributed by atoms with Crippen molar-refractivity contribution in [3.8, 4) is 5.75 Å². The quantitative estimate of drug-likeness (QED) is 0.335. The van der Waals surface area contributed by atoms with Crippen molar-refractivity contribution in [1.82, 2.24) is 10.7 Å². The van der Waals surface area contributed by atoms with Crippen molar-refractivity contribution in [2.75, 3.05) is 36.9 Å². The van der Waals surface area contributed by atoms with Gasteiger partial charge in [-0.3, -0.25) is 13.9 Å². The van der Waals surface area contributed by atoms with Gasteiger partial charge in [-0.2, -0.15) is 5.10 Å².